The Balaban J connectivity index is 2.06. The van der Waals surface area contributed by atoms with Gasteiger partial charge in [-0.2, -0.15) is 0 Å². The first-order valence-electron chi connectivity index (χ1n) is 13.5. The maximum Gasteiger partial charge on any atom is 0.264 e. The van der Waals surface area contributed by atoms with Crippen LogP contribution in [-0.4, -0.2) is 43.8 Å². The molecule has 0 bridgehead atoms. The van der Waals surface area contributed by atoms with Crippen LogP contribution in [0.3, 0.4) is 0 Å². The molecule has 0 saturated heterocycles. The fraction of sp³-hybridized carbons (Fsp3) is 0.355. The van der Waals surface area contributed by atoms with Gasteiger partial charge in [-0.15, -0.1) is 0 Å². The van der Waals surface area contributed by atoms with E-state index in [1.165, 1.54) is 17.0 Å². The molecule has 3 rings (SSSR count). The van der Waals surface area contributed by atoms with Gasteiger partial charge < -0.3 is 10.2 Å². The number of nitrogens with zero attached hydrogens (tertiary/aromatic N) is 2. The van der Waals surface area contributed by atoms with Crippen LogP contribution in [0.5, 0.6) is 0 Å². The Morgan fingerprint density at radius 2 is 1.48 bits per heavy atom. The first kappa shape index (κ1) is 31.2. The second-order valence-electron chi connectivity index (χ2n) is 10.3. The normalized spacial score (nSPS) is 12.3. The van der Waals surface area contributed by atoms with Gasteiger partial charge in [0.15, 0.2) is 0 Å². The Hall–Kier alpha value is -3.36. The topological polar surface area (TPSA) is 86.8 Å². The molecule has 9 heteroatoms. The Kier molecular flexibility index (Phi) is 10.8. The summed E-state index contributed by atoms with van der Waals surface area (Å²) in [6.07, 6.45) is 0.354. The molecular weight excluding hydrogens is 546 g/mol. The highest BCUT2D eigenvalue weighted by Gasteiger charge is 2.33. The van der Waals surface area contributed by atoms with E-state index in [1.807, 2.05) is 32.9 Å². The van der Waals surface area contributed by atoms with Crippen LogP contribution in [0, 0.1) is 0 Å². The molecular formula is C31H38ClN3O4S. The number of halogens is 1. The predicted molar refractivity (Wildman–Crippen MR) is 161 cm³/mol. The molecule has 3 aromatic rings. The van der Waals surface area contributed by atoms with Gasteiger partial charge in [-0.3, -0.25) is 13.9 Å². The molecule has 1 N–H and O–H groups in total. The van der Waals surface area contributed by atoms with Gasteiger partial charge in [-0.25, -0.2) is 8.42 Å². The van der Waals surface area contributed by atoms with E-state index in [9.17, 15) is 18.0 Å². The average Bonchev–Trinajstić information content (AvgIpc) is 2.92. The molecule has 40 heavy (non-hydrogen) atoms. The number of anilines is 1. The van der Waals surface area contributed by atoms with Crippen molar-refractivity contribution in [3.8, 4) is 0 Å². The molecule has 0 aliphatic heterocycles. The second kappa shape index (κ2) is 13.8. The zero-order valence-corrected chi connectivity index (χ0v) is 25.2. The van der Waals surface area contributed by atoms with Gasteiger partial charge in [0.25, 0.3) is 10.0 Å². The lowest BCUT2D eigenvalue weighted by Crippen LogP contribution is -2.53. The Labute approximate surface area is 243 Å². The van der Waals surface area contributed by atoms with Crippen molar-refractivity contribution in [2.24, 2.45) is 0 Å². The number of nitrogens with one attached hydrogen (secondary N) is 1. The Morgan fingerprint density at radius 3 is 2.00 bits per heavy atom. The SMILES string of the molecule is CC[C@@H](C(=O)NC(C)C)N(Cc1ccc(Cl)cc1)C(=O)CN(c1ccc(C(C)C)cc1)S(=O)(=O)c1ccccc1. The number of amides is 2. The number of sulfonamides is 1. The molecule has 0 radical (unpaired) electrons. The van der Waals surface area contributed by atoms with Crippen LogP contribution in [0.25, 0.3) is 0 Å². The van der Waals surface area contributed by atoms with Crippen molar-refractivity contribution < 1.29 is 18.0 Å². The largest absolute Gasteiger partial charge is 0.352 e. The molecule has 214 valence electrons. The van der Waals surface area contributed by atoms with Gasteiger partial charge in [0.2, 0.25) is 11.8 Å². The van der Waals surface area contributed by atoms with E-state index in [0.717, 1.165) is 15.4 Å². The second-order valence-corrected chi connectivity index (χ2v) is 12.6. The lowest BCUT2D eigenvalue weighted by Gasteiger charge is -2.33. The molecule has 0 heterocycles. The number of hydrogen-bond acceptors (Lipinski definition) is 4. The van der Waals surface area contributed by atoms with Crippen molar-refractivity contribution in [2.75, 3.05) is 10.8 Å². The predicted octanol–water partition coefficient (Wildman–Crippen LogP) is 5.99. The summed E-state index contributed by atoms with van der Waals surface area (Å²) in [5.41, 5.74) is 2.19. The third kappa shape index (κ3) is 7.86. The summed E-state index contributed by atoms with van der Waals surface area (Å²) in [7, 11) is -4.10. The number of hydrogen-bond donors (Lipinski definition) is 1. The van der Waals surface area contributed by atoms with Crippen molar-refractivity contribution in [1.29, 1.82) is 0 Å². The van der Waals surface area contributed by atoms with Crippen molar-refractivity contribution in [2.45, 2.75) is 70.5 Å². The molecule has 0 aromatic heterocycles. The average molecular weight is 584 g/mol. The first-order valence-corrected chi connectivity index (χ1v) is 15.3. The fourth-order valence-corrected chi connectivity index (χ4v) is 5.92. The summed E-state index contributed by atoms with van der Waals surface area (Å²) >= 11 is 6.07. The minimum absolute atomic E-state index is 0.0737. The first-order chi connectivity index (χ1) is 18.9. The summed E-state index contributed by atoms with van der Waals surface area (Å²) in [6.45, 7) is 9.28. The molecule has 7 nitrogen and oxygen atoms in total. The highest BCUT2D eigenvalue weighted by atomic mass is 35.5. The monoisotopic (exact) mass is 583 g/mol. The van der Waals surface area contributed by atoms with Gasteiger partial charge in [-0.05, 0) is 73.7 Å². The molecule has 0 saturated carbocycles. The van der Waals surface area contributed by atoms with E-state index >= 15 is 0 Å². The standard InChI is InChI=1S/C31H38ClN3O4S/c1-6-29(31(37)33-23(4)5)34(20-24-12-16-26(32)17-13-24)30(36)21-35(27-18-14-25(15-19-27)22(2)3)40(38,39)28-10-8-7-9-11-28/h7-19,22-23,29H,6,20-21H2,1-5H3,(H,33,37)/t29-/m0/s1. The summed E-state index contributed by atoms with van der Waals surface area (Å²) in [4.78, 5) is 28.8. The van der Waals surface area contributed by atoms with Crippen LogP contribution in [0.4, 0.5) is 5.69 Å². The Morgan fingerprint density at radius 1 is 0.875 bits per heavy atom. The number of carbonyl (C=O) groups is 2. The maximum absolute atomic E-state index is 14.1. The molecule has 3 aromatic carbocycles. The van der Waals surface area contributed by atoms with E-state index in [0.29, 0.717) is 17.1 Å². The number of rotatable bonds is 12. The summed E-state index contributed by atoms with van der Waals surface area (Å²) in [5.74, 6) is -0.527. The van der Waals surface area contributed by atoms with Crippen molar-refractivity contribution in [1.82, 2.24) is 10.2 Å². The van der Waals surface area contributed by atoms with Crippen molar-refractivity contribution >= 4 is 39.1 Å². The maximum atomic E-state index is 14.1. The van der Waals surface area contributed by atoms with Crippen molar-refractivity contribution in [3.63, 3.8) is 0 Å². The van der Waals surface area contributed by atoms with E-state index in [1.54, 1.807) is 54.6 Å². The highest BCUT2D eigenvalue weighted by molar-refractivity contribution is 7.92. The zero-order valence-electron chi connectivity index (χ0n) is 23.7. The quantitative estimate of drug-likeness (QED) is 0.284. The van der Waals surface area contributed by atoms with Crippen LogP contribution >= 0.6 is 11.6 Å². The van der Waals surface area contributed by atoms with Crippen LogP contribution in [-0.2, 0) is 26.2 Å². The summed E-state index contributed by atoms with van der Waals surface area (Å²) < 4.78 is 28.9. The molecule has 0 spiro atoms. The van der Waals surface area contributed by atoms with E-state index in [4.69, 9.17) is 11.6 Å². The third-order valence-corrected chi connectivity index (χ3v) is 8.58. The van der Waals surface area contributed by atoms with Crippen LogP contribution in [0.15, 0.2) is 83.8 Å². The minimum Gasteiger partial charge on any atom is -0.352 e. The summed E-state index contributed by atoms with van der Waals surface area (Å²) in [6, 6.07) is 21.3. The lowest BCUT2D eigenvalue weighted by atomic mass is 10.0. The van der Waals surface area contributed by atoms with Crippen LogP contribution < -0.4 is 9.62 Å². The van der Waals surface area contributed by atoms with Gasteiger partial charge in [0.05, 0.1) is 10.6 Å². The van der Waals surface area contributed by atoms with Gasteiger partial charge in [0, 0.05) is 17.6 Å². The zero-order chi connectivity index (χ0) is 29.4. The van der Waals surface area contributed by atoms with Gasteiger partial charge >= 0.3 is 0 Å². The molecule has 2 amide bonds. The summed E-state index contributed by atoms with van der Waals surface area (Å²) in [5, 5.41) is 3.45. The van der Waals surface area contributed by atoms with E-state index in [-0.39, 0.29) is 29.3 Å². The van der Waals surface area contributed by atoms with Crippen LogP contribution in [0.2, 0.25) is 5.02 Å². The van der Waals surface area contributed by atoms with Gasteiger partial charge in [-0.1, -0.05) is 74.8 Å². The molecule has 0 unspecified atom stereocenters. The lowest BCUT2D eigenvalue weighted by molar-refractivity contribution is -0.140. The van der Waals surface area contributed by atoms with Gasteiger partial charge in [0.1, 0.15) is 12.6 Å². The van der Waals surface area contributed by atoms with Crippen molar-refractivity contribution in [3.05, 3.63) is 95.0 Å². The van der Waals surface area contributed by atoms with Crippen LogP contribution in [0.1, 0.15) is 58.1 Å². The van der Waals surface area contributed by atoms with E-state index in [2.05, 4.69) is 19.2 Å². The molecule has 1 atom stereocenters. The van der Waals surface area contributed by atoms with E-state index < -0.39 is 28.5 Å². The fourth-order valence-electron chi connectivity index (χ4n) is 4.36. The minimum atomic E-state index is -4.10. The third-order valence-electron chi connectivity index (χ3n) is 6.54. The number of benzene rings is 3. The Bertz CT molecular complexity index is 1380. The smallest absolute Gasteiger partial charge is 0.264 e. The molecule has 0 fully saturated rings. The molecule has 0 aliphatic rings. The highest BCUT2D eigenvalue weighted by Crippen LogP contribution is 2.27. The number of carbonyl (C=O) groups excluding carboxylic acids is 2. The molecule has 0 aliphatic carbocycles.